The molecule has 0 N–H and O–H groups in total. The van der Waals surface area contributed by atoms with Gasteiger partial charge in [-0.25, -0.2) is 0 Å². The minimum absolute atomic E-state index is 1.15. The number of fused-ring (bicyclic) bond motifs is 1. The summed E-state index contributed by atoms with van der Waals surface area (Å²) in [5.41, 5.74) is 1.57. The highest BCUT2D eigenvalue weighted by Gasteiger charge is 2.37. The molecule has 0 nitrogen and oxygen atoms in total. The summed E-state index contributed by atoms with van der Waals surface area (Å²) in [6.45, 7) is 12.6. The topological polar surface area (TPSA) is 0 Å². The van der Waals surface area contributed by atoms with Crippen LogP contribution >= 0.6 is 0 Å². The maximum absolute atomic E-state index is 2.56. The van der Waals surface area contributed by atoms with E-state index >= 15 is 0 Å². The molecular weight excluding hydrogens is 224 g/mol. The second-order valence-corrected chi connectivity index (χ2v) is 16.2. The fourth-order valence-corrected chi connectivity index (χ4v) is 11.8. The van der Waals surface area contributed by atoms with Crippen molar-refractivity contribution in [3.8, 4) is 0 Å². The van der Waals surface area contributed by atoms with Gasteiger partial charge in [0.1, 0.15) is 0 Å². The molecule has 1 aromatic rings. The highest BCUT2D eigenvalue weighted by atomic mass is 28.3. The highest BCUT2D eigenvalue weighted by Crippen LogP contribution is 2.25. The van der Waals surface area contributed by atoms with Gasteiger partial charge in [0.05, 0.1) is 16.1 Å². The third kappa shape index (κ3) is 1.93. The van der Waals surface area contributed by atoms with E-state index in [2.05, 4.69) is 51.3 Å². The van der Waals surface area contributed by atoms with Crippen molar-refractivity contribution in [1.29, 1.82) is 0 Å². The summed E-state index contributed by atoms with van der Waals surface area (Å²) in [5, 5.41) is 3.59. The fraction of sp³-hybridized carbons (Fsp3) is 0.571. The maximum atomic E-state index is 2.56. The van der Waals surface area contributed by atoms with E-state index in [0.717, 1.165) is 0 Å². The van der Waals surface area contributed by atoms with Gasteiger partial charge in [-0.05, 0) is 6.92 Å². The first-order chi connectivity index (χ1) is 7.34. The van der Waals surface area contributed by atoms with E-state index in [4.69, 9.17) is 0 Å². The minimum atomic E-state index is -1.16. The smallest absolute Gasteiger partial charge is 0.0654 e. The van der Waals surface area contributed by atoms with Gasteiger partial charge >= 0.3 is 0 Å². The summed E-state index contributed by atoms with van der Waals surface area (Å²) in [4.78, 5) is 0. The lowest BCUT2D eigenvalue weighted by molar-refractivity contribution is 1.03. The first-order valence-electron chi connectivity index (χ1n) is 6.45. The summed E-state index contributed by atoms with van der Waals surface area (Å²) >= 11 is 0. The Kier molecular flexibility index (Phi) is 2.91. The summed E-state index contributed by atoms with van der Waals surface area (Å²) in [5.74, 6) is 0. The molecule has 88 valence electrons. The van der Waals surface area contributed by atoms with Crippen LogP contribution in [0.3, 0.4) is 0 Å². The van der Waals surface area contributed by atoms with Crippen molar-refractivity contribution in [3.05, 3.63) is 23.8 Å². The summed E-state index contributed by atoms with van der Waals surface area (Å²) < 4.78 is 0. The summed E-state index contributed by atoms with van der Waals surface area (Å²) in [6.07, 6.45) is 1.46. The zero-order chi connectivity index (χ0) is 12.0. The zero-order valence-corrected chi connectivity index (χ0v) is 13.4. The molecule has 2 heteroatoms. The molecule has 0 saturated heterocycles. The third-order valence-corrected chi connectivity index (χ3v) is 11.6. The molecule has 2 rings (SSSR count). The van der Waals surface area contributed by atoms with Crippen LogP contribution in [-0.2, 0) is 0 Å². The van der Waals surface area contributed by atoms with Gasteiger partial charge in [0.2, 0.25) is 0 Å². The Morgan fingerprint density at radius 1 is 0.938 bits per heavy atom. The van der Waals surface area contributed by atoms with Crippen LogP contribution in [0.2, 0.25) is 38.3 Å². The monoisotopic (exact) mass is 248 g/mol. The molecule has 0 bridgehead atoms. The summed E-state index contributed by atoms with van der Waals surface area (Å²) in [6, 6.07) is 10.0. The van der Waals surface area contributed by atoms with Crippen LogP contribution in [0.4, 0.5) is 0 Å². The van der Waals surface area contributed by atoms with Crippen LogP contribution in [-0.4, -0.2) is 16.1 Å². The van der Waals surface area contributed by atoms with Crippen molar-refractivity contribution in [3.63, 3.8) is 0 Å². The predicted molar refractivity (Wildman–Crippen MR) is 79.6 cm³/mol. The van der Waals surface area contributed by atoms with Gasteiger partial charge in [0.15, 0.2) is 0 Å². The standard InChI is InChI=1S/C14H24Si2/c1-12-8-6-9-13-14(12)16(4,5)11-7-10-15(13,2)3/h6,8-9H,7,10-11H2,1-5H3. The Morgan fingerprint density at radius 3 is 2.25 bits per heavy atom. The largest absolute Gasteiger partial charge is 0.0808 e. The van der Waals surface area contributed by atoms with Crippen LogP contribution in [0.5, 0.6) is 0 Å². The van der Waals surface area contributed by atoms with E-state index in [0.29, 0.717) is 0 Å². The molecule has 0 amide bonds. The van der Waals surface area contributed by atoms with Crippen molar-refractivity contribution >= 4 is 26.5 Å². The highest BCUT2D eigenvalue weighted by molar-refractivity contribution is 7.00. The van der Waals surface area contributed by atoms with Gasteiger partial charge < -0.3 is 0 Å². The Bertz CT molecular complexity index is 405. The average molecular weight is 249 g/mol. The number of rotatable bonds is 0. The molecule has 0 aromatic heterocycles. The number of hydrogen-bond donors (Lipinski definition) is 0. The first-order valence-corrected chi connectivity index (χ1v) is 12.9. The van der Waals surface area contributed by atoms with Crippen molar-refractivity contribution in [2.24, 2.45) is 0 Å². The molecule has 0 spiro atoms. The van der Waals surface area contributed by atoms with Crippen LogP contribution in [0.1, 0.15) is 12.0 Å². The Labute approximate surface area is 102 Å². The normalized spacial score (nSPS) is 22.3. The van der Waals surface area contributed by atoms with E-state index in [-0.39, 0.29) is 0 Å². The van der Waals surface area contributed by atoms with E-state index < -0.39 is 16.1 Å². The lowest BCUT2D eigenvalue weighted by Crippen LogP contribution is -2.57. The second kappa shape index (κ2) is 3.85. The molecule has 0 fully saturated rings. The molecule has 1 aliphatic heterocycles. The van der Waals surface area contributed by atoms with Gasteiger partial charge in [-0.1, -0.05) is 78.8 Å². The third-order valence-electron chi connectivity index (χ3n) is 4.28. The van der Waals surface area contributed by atoms with Gasteiger partial charge in [0.25, 0.3) is 0 Å². The molecule has 1 aliphatic rings. The molecular formula is C14H24Si2. The van der Waals surface area contributed by atoms with Crippen molar-refractivity contribution in [2.75, 3.05) is 0 Å². The van der Waals surface area contributed by atoms with Crippen LogP contribution in [0, 0.1) is 6.92 Å². The van der Waals surface area contributed by atoms with E-state index in [1.807, 2.05) is 5.19 Å². The van der Waals surface area contributed by atoms with E-state index in [1.54, 1.807) is 10.8 Å². The number of aryl methyl sites for hydroxylation is 1. The lowest BCUT2D eigenvalue weighted by atomic mass is 10.2. The molecule has 0 atom stereocenters. The summed E-state index contributed by atoms with van der Waals surface area (Å²) in [7, 11) is -2.31. The van der Waals surface area contributed by atoms with Gasteiger partial charge in [-0.15, -0.1) is 0 Å². The molecule has 0 aliphatic carbocycles. The number of hydrogen-bond acceptors (Lipinski definition) is 0. The fourth-order valence-electron chi connectivity index (χ4n) is 3.36. The van der Waals surface area contributed by atoms with Crippen LogP contribution < -0.4 is 10.4 Å². The van der Waals surface area contributed by atoms with Gasteiger partial charge in [-0.3, -0.25) is 0 Å². The predicted octanol–water partition coefficient (Wildman–Crippen LogP) is 3.23. The second-order valence-electron chi connectivity index (χ2n) is 6.62. The van der Waals surface area contributed by atoms with Crippen molar-refractivity contribution < 1.29 is 0 Å². The SMILES string of the molecule is Cc1cccc2c1[Si](C)(C)CCC[Si]2(C)C. The van der Waals surface area contributed by atoms with Crippen LogP contribution in [0.15, 0.2) is 18.2 Å². The minimum Gasteiger partial charge on any atom is -0.0654 e. The molecule has 0 radical (unpaired) electrons. The lowest BCUT2D eigenvalue weighted by Gasteiger charge is -2.29. The molecule has 0 unspecified atom stereocenters. The molecule has 16 heavy (non-hydrogen) atoms. The van der Waals surface area contributed by atoms with Crippen molar-refractivity contribution in [1.82, 2.24) is 0 Å². The quantitative estimate of drug-likeness (QED) is 0.619. The molecule has 0 saturated carbocycles. The first kappa shape index (κ1) is 12.1. The Hall–Kier alpha value is -0.346. The number of benzene rings is 1. The Morgan fingerprint density at radius 2 is 1.56 bits per heavy atom. The molecule has 1 heterocycles. The zero-order valence-electron chi connectivity index (χ0n) is 11.4. The molecule has 1 aromatic carbocycles. The van der Waals surface area contributed by atoms with Gasteiger partial charge in [0, 0.05) is 0 Å². The average Bonchev–Trinajstić information content (AvgIpc) is 2.23. The van der Waals surface area contributed by atoms with E-state index in [9.17, 15) is 0 Å². The Balaban J connectivity index is 2.70. The van der Waals surface area contributed by atoms with Crippen LogP contribution in [0.25, 0.3) is 0 Å². The maximum Gasteiger partial charge on any atom is 0.0808 e. The van der Waals surface area contributed by atoms with E-state index in [1.165, 1.54) is 18.5 Å². The van der Waals surface area contributed by atoms with Gasteiger partial charge in [-0.2, -0.15) is 0 Å². The van der Waals surface area contributed by atoms with Crippen molar-refractivity contribution in [2.45, 2.75) is 51.6 Å².